The minimum atomic E-state index is -0.898. The number of rotatable bonds is 5. The molecule has 1 amide bonds. The van der Waals surface area contributed by atoms with Crippen molar-refractivity contribution >= 4 is 39.8 Å². The Morgan fingerprint density at radius 1 is 1.00 bits per heavy atom. The zero-order chi connectivity index (χ0) is 25.4. The van der Waals surface area contributed by atoms with Crippen molar-refractivity contribution in [3.05, 3.63) is 118 Å². The topological polar surface area (TPSA) is 66.8 Å². The molecule has 0 bridgehead atoms. The molecule has 1 aliphatic rings. The summed E-state index contributed by atoms with van der Waals surface area (Å²) in [5, 5.41) is 13.5. The maximum Gasteiger partial charge on any atom is 0.295 e. The number of Topliss-reactive ketones (excluding diaryl/α,β-unsaturated/α-hetero) is 1. The number of hydrogen-bond donors (Lipinski definition) is 1. The third kappa shape index (κ3) is 4.10. The second-order valence-corrected chi connectivity index (χ2v) is 8.90. The van der Waals surface area contributed by atoms with Gasteiger partial charge in [0.05, 0.1) is 24.3 Å². The number of ketones is 1. The van der Waals surface area contributed by atoms with E-state index in [0.29, 0.717) is 21.9 Å². The van der Waals surface area contributed by atoms with E-state index in [0.717, 1.165) is 10.8 Å². The standard InChI is InChI=1S/C29H21ClFNO4/c1-36-24-14-11-19(30)15-23(24)27(33)25-26(22-8-4-6-18-5-2-3-7-21(18)22)32(29(35)28(25)34)16-17-9-12-20(31)13-10-17/h2-15,26,33H,16H2,1H3/b27-25+. The fraction of sp³-hybridized carbons (Fsp3) is 0.103. The molecule has 1 fully saturated rings. The second-order valence-electron chi connectivity index (χ2n) is 8.47. The number of methoxy groups -OCH3 is 1. The van der Waals surface area contributed by atoms with Gasteiger partial charge < -0.3 is 14.7 Å². The number of nitrogens with zero attached hydrogens (tertiary/aromatic N) is 1. The molecule has 1 saturated heterocycles. The number of halogens is 2. The Morgan fingerprint density at radius 2 is 1.72 bits per heavy atom. The summed E-state index contributed by atoms with van der Waals surface area (Å²) in [7, 11) is 1.44. The van der Waals surface area contributed by atoms with Gasteiger partial charge in [-0.15, -0.1) is 0 Å². The SMILES string of the molecule is COc1ccc(Cl)cc1/C(O)=C1\C(=O)C(=O)N(Cc2ccc(F)cc2)C1c1cccc2ccccc12. The summed E-state index contributed by atoms with van der Waals surface area (Å²) < 4.78 is 18.9. The molecule has 4 aromatic carbocycles. The smallest absolute Gasteiger partial charge is 0.295 e. The van der Waals surface area contributed by atoms with Crippen LogP contribution in [0.15, 0.2) is 90.5 Å². The third-order valence-electron chi connectivity index (χ3n) is 6.34. The maximum atomic E-state index is 13.5. The highest BCUT2D eigenvalue weighted by Crippen LogP contribution is 2.44. The number of likely N-dealkylation sites (tertiary alicyclic amines) is 1. The van der Waals surface area contributed by atoms with Gasteiger partial charge in [0.2, 0.25) is 0 Å². The Morgan fingerprint density at radius 3 is 2.47 bits per heavy atom. The van der Waals surface area contributed by atoms with Crippen LogP contribution in [0, 0.1) is 5.82 Å². The number of benzene rings is 4. The van der Waals surface area contributed by atoms with Gasteiger partial charge in [-0.3, -0.25) is 9.59 Å². The van der Waals surface area contributed by atoms with Crippen molar-refractivity contribution in [2.24, 2.45) is 0 Å². The van der Waals surface area contributed by atoms with Crippen molar-refractivity contribution in [2.45, 2.75) is 12.6 Å². The number of amides is 1. The molecule has 180 valence electrons. The summed E-state index contributed by atoms with van der Waals surface area (Å²) in [6.45, 7) is 0.0439. The number of hydrogen-bond acceptors (Lipinski definition) is 4. The predicted molar refractivity (Wildman–Crippen MR) is 136 cm³/mol. The molecule has 0 aromatic heterocycles. The van der Waals surface area contributed by atoms with Gasteiger partial charge in [-0.2, -0.15) is 0 Å². The molecule has 7 heteroatoms. The van der Waals surface area contributed by atoms with Crippen molar-refractivity contribution in [2.75, 3.05) is 7.11 Å². The number of ether oxygens (including phenoxy) is 1. The zero-order valence-electron chi connectivity index (χ0n) is 19.2. The summed E-state index contributed by atoms with van der Waals surface area (Å²) in [5.74, 6) is -2.07. The minimum absolute atomic E-state index is 0.0439. The second kappa shape index (κ2) is 9.47. The molecule has 36 heavy (non-hydrogen) atoms. The number of carbonyl (C=O) groups excluding carboxylic acids is 2. The lowest BCUT2D eigenvalue weighted by atomic mass is 9.91. The maximum absolute atomic E-state index is 13.5. The molecule has 0 aliphatic carbocycles. The lowest BCUT2D eigenvalue weighted by molar-refractivity contribution is -0.140. The van der Waals surface area contributed by atoms with Crippen LogP contribution >= 0.6 is 11.6 Å². The molecule has 1 N–H and O–H groups in total. The van der Waals surface area contributed by atoms with Crippen LogP contribution < -0.4 is 4.74 Å². The molecule has 1 unspecified atom stereocenters. The molecule has 1 atom stereocenters. The fourth-order valence-corrected chi connectivity index (χ4v) is 4.82. The van der Waals surface area contributed by atoms with Crippen LogP contribution in [-0.2, 0) is 16.1 Å². The average molecular weight is 502 g/mol. The van der Waals surface area contributed by atoms with E-state index >= 15 is 0 Å². The van der Waals surface area contributed by atoms with Gasteiger partial charge in [0.1, 0.15) is 17.3 Å². The Hall–Kier alpha value is -4.16. The lowest BCUT2D eigenvalue weighted by Crippen LogP contribution is -2.29. The van der Waals surface area contributed by atoms with E-state index in [2.05, 4.69) is 0 Å². The number of carbonyl (C=O) groups is 2. The van der Waals surface area contributed by atoms with Gasteiger partial charge in [0, 0.05) is 11.6 Å². The first kappa shape index (κ1) is 23.6. The van der Waals surface area contributed by atoms with Crippen molar-refractivity contribution in [1.82, 2.24) is 4.90 Å². The zero-order valence-corrected chi connectivity index (χ0v) is 20.0. The summed E-state index contributed by atoms with van der Waals surface area (Å²) in [4.78, 5) is 28.2. The highest BCUT2D eigenvalue weighted by molar-refractivity contribution is 6.46. The summed E-state index contributed by atoms with van der Waals surface area (Å²) >= 11 is 6.19. The molecule has 1 heterocycles. The van der Waals surface area contributed by atoms with E-state index in [1.165, 1.54) is 30.2 Å². The Labute approximate surface area is 212 Å². The molecule has 1 aliphatic heterocycles. The predicted octanol–water partition coefficient (Wildman–Crippen LogP) is 6.26. The van der Waals surface area contributed by atoms with Crippen LogP contribution in [0.2, 0.25) is 5.02 Å². The fourth-order valence-electron chi connectivity index (χ4n) is 4.65. The van der Waals surface area contributed by atoms with Crippen molar-refractivity contribution in [3.63, 3.8) is 0 Å². The Bertz CT molecular complexity index is 1530. The molecule has 0 saturated carbocycles. The highest BCUT2D eigenvalue weighted by Gasteiger charge is 2.46. The average Bonchev–Trinajstić information content (AvgIpc) is 3.14. The van der Waals surface area contributed by atoms with E-state index in [1.807, 2.05) is 42.5 Å². The first-order valence-electron chi connectivity index (χ1n) is 11.2. The van der Waals surface area contributed by atoms with Crippen LogP contribution in [0.1, 0.15) is 22.7 Å². The van der Waals surface area contributed by atoms with Gasteiger partial charge in [-0.25, -0.2) is 4.39 Å². The molecule has 0 radical (unpaired) electrons. The number of fused-ring (bicyclic) bond motifs is 1. The monoisotopic (exact) mass is 501 g/mol. The molecule has 5 rings (SSSR count). The van der Waals surface area contributed by atoms with Crippen molar-refractivity contribution in [3.8, 4) is 5.75 Å². The van der Waals surface area contributed by atoms with Gasteiger partial charge in [-0.05, 0) is 52.2 Å². The van der Waals surface area contributed by atoms with E-state index in [4.69, 9.17) is 16.3 Å². The first-order chi connectivity index (χ1) is 17.4. The van der Waals surface area contributed by atoms with Crippen molar-refractivity contribution < 1.29 is 23.8 Å². The molecule has 0 spiro atoms. The summed E-state index contributed by atoms with van der Waals surface area (Å²) in [6.07, 6.45) is 0. The number of aliphatic hydroxyl groups is 1. The van der Waals surface area contributed by atoms with E-state index in [9.17, 15) is 19.1 Å². The van der Waals surface area contributed by atoms with Crippen LogP contribution in [0.4, 0.5) is 4.39 Å². The van der Waals surface area contributed by atoms with Gasteiger partial charge in [0.25, 0.3) is 11.7 Å². The van der Waals surface area contributed by atoms with Crippen LogP contribution in [0.3, 0.4) is 0 Å². The van der Waals surface area contributed by atoms with Crippen LogP contribution in [-0.4, -0.2) is 28.8 Å². The largest absolute Gasteiger partial charge is 0.507 e. The Balaban J connectivity index is 1.76. The Kier molecular flexibility index (Phi) is 6.20. The third-order valence-corrected chi connectivity index (χ3v) is 6.58. The van der Waals surface area contributed by atoms with Gasteiger partial charge in [0.15, 0.2) is 0 Å². The summed E-state index contributed by atoms with van der Waals surface area (Å²) in [5.41, 5.74) is 1.45. The normalized spacial score (nSPS) is 17.1. The molecule has 4 aromatic rings. The van der Waals surface area contributed by atoms with Crippen LogP contribution in [0.5, 0.6) is 5.75 Å². The van der Waals surface area contributed by atoms with E-state index in [-0.39, 0.29) is 23.4 Å². The quantitative estimate of drug-likeness (QED) is 0.199. The van der Waals surface area contributed by atoms with Gasteiger partial charge >= 0.3 is 0 Å². The van der Waals surface area contributed by atoms with Crippen LogP contribution in [0.25, 0.3) is 16.5 Å². The highest BCUT2D eigenvalue weighted by atomic mass is 35.5. The molecular weight excluding hydrogens is 481 g/mol. The summed E-state index contributed by atoms with van der Waals surface area (Å²) in [6, 6.07) is 22.7. The molecular formula is C29H21ClFNO4. The lowest BCUT2D eigenvalue weighted by Gasteiger charge is -2.26. The van der Waals surface area contributed by atoms with Gasteiger partial charge in [-0.1, -0.05) is 66.2 Å². The van der Waals surface area contributed by atoms with E-state index in [1.54, 1.807) is 24.3 Å². The number of aliphatic hydroxyl groups excluding tert-OH is 1. The minimum Gasteiger partial charge on any atom is -0.507 e. The van der Waals surface area contributed by atoms with Crippen molar-refractivity contribution in [1.29, 1.82) is 0 Å². The first-order valence-corrected chi connectivity index (χ1v) is 11.6. The molecule has 5 nitrogen and oxygen atoms in total. The van der Waals surface area contributed by atoms with E-state index < -0.39 is 23.5 Å².